The summed E-state index contributed by atoms with van der Waals surface area (Å²) in [7, 11) is 0. The van der Waals surface area contributed by atoms with Crippen molar-refractivity contribution in [2.75, 3.05) is 26.3 Å². The molecule has 1 aromatic rings. The highest BCUT2D eigenvalue weighted by Gasteiger charge is 2.26. The second-order valence-electron chi connectivity index (χ2n) is 3.75. The normalized spacial score (nSPS) is 19.6. The quantitative estimate of drug-likeness (QED) is 0.752. The number of nitrogens with zero attached hydrogens (tertiary/aromatic N) is 1. The predicted octanol–water partition coefficient (Wildman–Crippen LogP) is 1.60. The zero-order valence-electron chi connectivity index (χ0n) is 9.52. The largest absolute Gasteiger partial charge is 0.593 e. The molecule has 0 aliphatic carbocycles. The molecule has 1 saturated heterocycles. The highest BCUT2D eigenvalue weighted by atomic mass is 32.2. The smallest absolute Gasteiger partial charge is 0.177 e. The van der Waals surface area contributed by atoms with E-state index in [9.17, 15) is 4.55 Å². The van der Waals surface area contributed by atoms with Crippen LogP contribution in [0.4, 0.5) is 0 Å². The lowest BCUT2D eigenvalue weighted by molar-refractivity contribution is 0.0730. The predicted molar refractivity (Wildman–Crippen MR) is 64.6 cm³/mol. The molecule has 0 N–H and O–H groups in total. The van der Waals surface area contributed by atoms with Crippen molar-refractivity contribution in [2.45, 2.75) is 18.2 Å². The first-order valence-corrected chi connectivity index (χ1v) is 6.76. The molecule has 88 valence electrons. The molecule has 0 spiro atoms. The minimum Gasteiger partial charge on any atom is -0.593 e. The van der Waals surface area contributed by atoms with Gasteiger partial charge in [0.25, 0.3) is 0 Å². The fraction of sp³-hybridized carbons (Fsp3) is 0.500. The number of morpholine rings is 1. The summed E-state index contributed by atoms with van der Waals surface area (Å²) < 4.78 is 19.6. The maximum atomic E-state index is 12.4. The Morgan fingerprint density at radius 1 is 1.31 bits per heavy atom. The minimum absolute atomic E-state index is 0.681. The zero-order valence-corrected chi connectivity index (χ0v) is 10.3. The monoisotopic (exact) mass is 239 g/mol. The van der Waals surface area contributed by atoms with Crippen molar-refractivity contribution in [2.24, 2.45) is 0 Å². The van der Waals surface area contributed by atoms with Gasteiger partial charge in [-0.1, -0.05) is 25.1 Å². The number of benzene rings is 1. The third-order valence-corrected chi connectivity index (χ3v) is 4.35. The van der Waals surface area contributed by atoms with Crippen molar-refractivity contribution in [3.8, 4) is 0 Å². The van der Waals surface area contributed by atoms with E-state index < -0.39 is 11.4 Å². The first-order chi connectivity index (χ1) is 7.83. The van der Waals surface area contributed by atoms with E-state index in [1.807, 2.05) is 28.6 Å². The number of hydrogen-bond acceptors (Lipinski definition) is 3. The van der Waals surface area contributed by atoms with Crippen LogP contribution in [-0.4, -0.2) is 35.2 Å². The molecule has 16 heavy (non-hydrogen) atoms. The van der Waals surface area contributed by atoms with Crippen LogP contribution in [0.3, 0.4) is 0 Å². The summed E-state index contributed by atoms with van der Waals surface area (Å²) in [6.07, 6.45) is 0.923. The van der Waals surface area contributed by atoms with E-state index in [0.29, 0.717) is 13.2 Å². The Bertz CT molecular complexity index is 340. The average molecular weight is 239 g/mol. The molecule has 1 aliphatic heterocycles. The molecule has 1 atom stereocenters. The van der Waals surface area contributed by atoms with Gasteiger partial charge in [-0.15, -0.1) is 4.31 Å². The molecule has 0 aromatic heterocycles. The third kappa shape index (κ3) is 2.58. The van der Waals surface area contributed by atoms with Crippen molar-refractivity contribution in [1.29, 1.82) is 0 Å². The van der Waals surface area contributed by atoms with Gasteiger partial charge >= 0.3 is 0 Å². The molecule has 1 aromatic carbocycles. The summed E-state index contributed by atoms with van der Waals surface area (Å²) in [6, 6.07) is 7.96. The standard InChI is InChI=1S/C12H17NO2S/c1-2-11-5-3-4-6-12(11)16(14)13-7-9-15-10-8-13/h3-6H,2,7-10H2,1H3. The Balaban J connectivity index is 2.15. The van der Waals surface area contributed by atoms with Gasteiger partial charge in [0.05, 0.1) is 37.7 Å². The van der Waals surface area contributed by atoms with Crippen LogP contribution in [0.5, 0.6) is 0 Å². The lowest BCUT2D eigenvalue weighted by Crippen LogP contribution is -2.40. The van der Waals surface area contributed by atoms with Crippen LogP contribution in [-0.2, 0) is 22.5 Å². The van der Waals surface area contributed by atoms with Gasteiger partial charge in [-0.3, -0.25) is 0 Å². The van der Waals surface area contributed by atoms with Crippen molar-refractivity contribution >= 4 is 11.4 Å². The van der Waals surface area contributed by atoms with Gasteiger partial charge in [-0.2, -0.15) is 0 Å². The molecular formula is C12H17NO2S. The Morgan fingerprint density at radius 3 is 2.69 bits per heavy atom. The molecular weight excluding hydrogens is 222 g/mol. The number of aryl methyl sites for hydroxylation is 1. The van der Waals surface area contributed by atoms with Crippen molar-refractivity contribution in [1.82, 2.24) is 4.31 Å². The molecule has 2 rings (SSSR count). The average Bonchev–Trinajstić information content (AvgIpc) is 2.39. The summed E-state index contributed by atoms with van der Waals surface area (Å²) in [4.78, 5) is 0.951. The number of ether oxygens (including phenoxy) is 1. The van der Waals surface area contributed by atoms with E-state index in [4.69, 9.17) is 4.74 Å². The second-order valence-corrected chi connectivity index (χ2v) is 5.21. The van der Waals surface area contributed by atoms with Gasteiger partial charge in [0, 0.05) is 5.56 Å². The first-order valence-electron chi connectivity index (χ1n) is 5.65. The van der Waals surface area contributed by atoms with Gasteiger partial charge in [0.2, 0.25) is 0 Å². The fourth-order valence-corrected chi connectivity index (χ4v) is 3.21. The molecule has 0 saturated carbocycles. The van der Waals surface area contributed by atoms with E-state index in [1.54, 1.807) is 0 Å². The fourth-order valence-electron chi connectivity index (χ4n) is 1.82. The van der Waals surface area contributed by atoms with Crippen LogP contribution in [0.1, 0.15) is 12.5 Å². The number of rotatable bonds is 3. The van der Waals surface area contributed by atoms with Gasteiger partial charge in [-0.05, 0) is 12.5 Å². The summed E-state index contributed by atoms with van der Waals surface area (Å²) in [5.74, 6) is 0. The van der Waals surface area contributed by atoms with E-state index in [-0.39, 0.29) is 0 Å². The van der Waals surface area contributed by atoms with Gasteiger partial charge < -0.3 is 9.29 Å². The highest BCUT2D eigenvalue weighted by molar-refractivity contribution is 7.89. The number of hydrogen-bond donors (Lipinski definition) is 0. The topological polar surface area (TPSA) is 35.5 Å². The van der Waals surface area contributed by atoms with E-state index in [1.165, 1.54) is 5.56 Å². The Hall–Kier alpha value is -0.550. The van der Waals surface area contributed by atoms with Crippen molar-refractivity contribution in [3.63, 3.8) is 0 Å². The summed E-state index contributed by atoms with van der Waals surface area (Å²) >= 11 is -1.03. The second kappa shape index (κ2) is 5.68. The van der Waals surface area contributed by atoms with Crippen LogP contribution >= 0.6 is 0 Å². The van der Waals surface area contributed by atoms with Gasteiger partial charge in [0.15, 0.2) is 4.90 Å². The van der Waals surface area contributed by atoms with E-state index >= 15 is 0 Å². The molecule has 1 unspecified atom stereocenters. The van der Waals surface area contributed by atoms with E-state index in [2.05, 4.69) is 6.92 Å². The van der Waals surface area contributed by atoms with Gasteiger partial charge in [0.1, 0.15) is 0 Å². The SMILES string of the molecule is CCc1ccccc1[S+]([O-])N1CCOCC1. The van der Waals surface area contributed by atoms with Crippen molar-refractivity contribution in [3.05, 3.63) is 29.8 Å². The molecule has 0 amide bonds. The highest BCUT2D eigenvalue weighted by Crippen LogP contribution is 2.21. The maximum absolute atomic E-state index is 12.4. The van der Waals surface area contributed by atoms with Crippen LogP contribution in [0.25, 0.3) is 0 Å². The zero-order chi connectivity index (χ0) is 11.4. The molecule has 0 radical (unpaired) electrons. The molecule has 1 heterocycles. The van der Waals surface area contributed by atoms with Crippen LogP contribution in [0.15, 0.2) is 29.2 Å². The Kier molecular flexibility index (Phi) is 4.23. The minimum atomic E-state index is -1.03. The summed E-state index contributed by atoms with van der Waals surface area (Å²) in [5.41, 5.74) is 1.17. The molecule has 1 fully saturated rings. The lowest BCUT2D eigenvalue weighted by Gasteiger charge is -2.27. The molecule has 1 aliphatic rings. The van der Waals surface area contributed by atoms with E-state index in [0.717, 1.165) is 24.4 Å². The van der Waals surface area contributed by atoms with Crippen LogP contribution in [0.2, 0.25) is 0 Å². The summed E-state index contributed by atoms with van der Waals surface area (Å²) in [6.45, 7) is 4.96. The molecule has 3 nitrogen and oxygen atoms in total. The van der Waals surface area contributed by atoms with Gasteiger partial charge in [-0.25, -0.2) is 0 Å². The summed E-state index contributed by atoms with van der Waals surface area (Å²) in [5, 5.41) is 0. The third-order valence-electron chi connectivity index (χ3n) is 2.75. The Morgan fingerprint density at radius 2 is 2.00 bits per heavy atom. The first kappa shape index (κ1) is 11.9. The van der Waals surface area contributed by atoms with Crippen molar-refractivity contribution < 1.29 is 9.29 Å². The molecule has 0 bridgehead atoms. The molecule has 4 heteroatoms. The Labute approximate surface area is 99.7 Å². The van der Waals surface area contributed by atoms with Crippen LogP contribution in [0, 0.1) is 0 Å². The lowest BCUT2D eigenvalue weighted by atomic mass is 10.2. The maximum Gasteiger partial charge on any atom is 0.177 e. The van der Waals surface area contributed by atoms with Crippen LogP contribution < -0.4 is 0 Å².